The summed E-state index contributed by atoms with van der Waals surface area (Å²) in [6.45, 7) is 0.501. The highest BCUT2D eigenvalue weighted by Gasteiger charge is 2.31. The quantitative estimate of drug-likeness (QED) is 0.595. The first-order valence-corrected chi connectivity index (χ1v) is 10.1. The number of fused-ring (bicyclic) bond motifs is 1. The van der Waals surface area contributed by atoms with Crippen molar-refractivity contribution in [3.05, 3.63) is 71.3 Å². The number of halogens is 3. The summed E-state index contributed by atoms with van der Waals surface area (Å²) in [5.74, 6) is 1.63. The molecule has 2 aromatic carbocycles. The number of carbonyl (C=O) groups excluding carboxylic acids is 1. The van der Waals surface area contributed by atoms with Crippen LogP contribution in [0, 0.1) is 0 Å². The van der Waals surface area contributed by atoms with Crippen LogP contribution in [0.1, 0.15) is 21.5 Å². The molecule has 0 saturated heterocycles. The normalized spacial score (nSPS) is 13.7. The van der Waals surface area contributed by atoms with E-state index in [4.69, 9.17) is 4.74 Å². The number of ether oxygens (including phenoxy) is 1. The maximum absolute atomic E-state index is 13.1. The first-order valence-electron chi connectivity index (χ1n) is 9.50. The van der Waals surface area contributed by atoms with Crippen molar-refractivity contribution in [1.29, 1.82) is 0 Å². The Balaban J connectivity index is 1.60. The van der Waals surface area contributed by atoms with Gasteiger partial charge in [-0.25, -0.2) is 4.98 Å². The van der Waals surface area contributed by atoms with Crippen LogP contribution >= 0.6 is 9.24 Å². The zero-order valence-corrected chi connectivity index (χ0v) is 17.7. The molecule has 3 aromatic rings. The molecule has 0 bridgehead atoms. The van der Waals surface area contributed by atoms with E-state index in [1.165, 1.54) is 6.07 Å². The van der Waals surface area contributed by atoms with Gasteiger partial charge in [-0.2, -0.15) is 13.2 Å². The number of pyridine rings is 1. The van der Waals surface area contributed by atoms with Crippen LogP contribution in [-0.4, -0.2) is 24.5 Å². The molecule has 2 heterocycles. The van der Waals surface area contributed by atoms with Crippen LogP contribution in [0.5, 0.6) is 11.5 Å². The summed E-state index contributed by atoms with van der Waals surface area (Å²) in [6.07, 6.45) is -3.77. The number of carbonyl (C=O) groups is 1. The predicted octanol–water partition coefficient (Wildman–Crippen LogP) is 4.64. The van der Waals surface area contributed by atoms with E-state index in [1.807, 2.05) is 18.2 Å². The second-order valence-electron chi connectivity index (χ2n) is 7.01. The second kappa shape index (κ2) is 8.19. The van der Waals surface area contributed by atoms with Crippen LogP contribution in [0.2, 0.25) is 0 Å². The molecule has 1 aromatic heterocycles. The van der Waals surface area contributed by atoms with Gasteiger partial charge >= 0.3 is 6.18 Å². The van der Waals surface area contributed by atoms with E-state index in [9.17, 15) is 18.0 Å². The maximum Gasteiger partial charge on any atom is 0.416 e. The van der Waals surface area contributed by atoms with E-state index in [0.717, 1.165) is 17.7 Å². The molecule has 0 saturated carbocycles. The molecule has 1 aliphatic rings. The monoisotopic (exact) mass is 445 g/mol. The smallest absolute Gasteiger partial charge is 0.416 e. The Morgan fingerprint density at radius 2 is 1.94 bits per heavy atom. The third-order valence-electron chi connectivity index (χ3n) is 4.99. The lowest BCUT2D eigenvalue weighted by Crippen LogP contribution is -2.38. The van der Waals surface area contributed by atoms with Crippen molar-refractivity contribution in [2.45, 2.75) is 12.6 Å². The summed E-state index contributed by atoms with van der Waals surface area (Å²) in [6, 6.07) is 13.8. The first-order chi connectivity index (χ1) is 14.8. The number of amides is 1. The number of rotatable bonds is 4. The number of hydrogen-bond donors (Lipinski definition) is 1. The van der Waals surface area contributed by atoms with Gasteiger partial charge < -0.3 is 10.1 Å². The van der Waals surface area contributed by atoms with Gasteiger partial charge in [0.15, 0.2) is 0 Å². The molecule has 0 spiro atoms. The summed E-state index contributed by atoms with van der Waals surface area (Å²) < 4.78 is 44.4. The second-order valence-corrected chi connectivity index (χ2v) is 7.63. The number of nitrogens with one attached hydrogen (secondary N) is 1. The van der Waals surface area contributed by atoms with Gasteiger partial charge in [0.25, 0.3) is 5.91 Å². The van der Waals surface area contributed by atoms with Crippen LogP contribution in [0.15, 0.2) is 54.6 Å². The van der Waals surface area contributed by atoms with Crippen LogP contribution in [0.3, 0.4) is 0 Å². The number of hydrogen-bond acceptors (Lipinski definition) is 4. The minimum Gasteiger partial charge on any atom is -0.457 e. The molecular weight excluding hydrogens is 426 g/mol. The lowest BCUT2D eigenvalue weighted by molar-refractivity contribution is -0.137. The van der Waals surface area contributed by atoms with Crippen molar-refractivity contribution in [3.63, 3.8) is 0 Å². The fraction of sp³-hybridized carbons (Fsp3) is 0.182. The molecule has 1 N–H and O–H groups in total. The molecule has 9 heteroatoms. The summed E-state index contributed by atoms with van der Waals surface area (Å²) in [4.78, 5) is 19.2. The number of benzene rings is 2. The van der Waals surface area contributed by atoms with Gasteiger partial charge in [-0.05, 0) is 54.4 Å². The van der Waals surface area contributed by atoms with Crippen LogP contribution < -0.4 is 20.3 Å². The molecule has 4 rings (SSSR count). The molecule has 31 heavy (non-hydrogen) atoms. The Morgan fingerprint density at radius 3 is 2.65 bits per heavy atom. The number of aromatic nitrogens is 1. The first kappa shape index (κ1) is 21.1. The number of anilines is 2. The van der Waals surface area contributed by atoms with Crippen LogP contribution in [0.4, 0.5) is 24.8 Å². The highest BCUT2D eigenvalue weighted by molar-refractivity contribution is 7.27. The van der Waals surface area contributed by atoms with Gasteiger partial charge in [0.1, 0.15) is 23.1 Å². The Kier molecular flexibility index (Phi) is 5.58. The molecule has 1 amide bonds. The van der Waals surface area contributed by atoms with Crippen molar-refractivity contribution in [2.24, 2.45) is 0 Å². The molecule has 0 fully saturated rings. The topological polar surface area (TPSA) is 54.5 Å². The van der Waals surface area contributed by atoms with Crippen molar-refractivity contribution in [1.82, 2.24) is 4.98 Å². The van der Waals surface area contributed by atoms with Crippen LogP contribution in [0.25, 0.3) is 0 Å². The number of nitrogens with zero attached hydrogens (tertiary/aromatic N) is 2. The lowest BCUT2D eigenvalue weighted by atomic mass is 9.98. The van der Waals surface area contributed by atoms with Crippen molar-refractivity contribution >= 4 is 32.1 Å². The number of alkyl halides is 3. The van der Waals surface area contributed by atoms with E-state index in [-0.39, 0.29) is 17.0 Å². The standard InChI is InChI=1S/C22H19F3N3O2P/c1-26-19-3-2-4-20(27-19)28-10-9-13-5-7-15(12-16(13)21(28)29)30-17-8-6-14(11-18(17)31)22(23,24)25/h2-8,11-12H,9-10,31H2,1H3,(H,26,27). The zero-order chi connectivity index (χ0) is 22.2. The van der Waals surface area contributed by atoms with Crippen molar-refractivity contribution in [2.75, 3.05) is 23.8 Å². The summed E-state index contributed by atoms with van der Waals surface area (Å²) in [5, 5.41) is 3.23. The summed E-state index contributed by atoms with van der Waals surface area (Å²) in [5.41, 5.74) is 0.618. The van der Waals surface area contributed by atoms with Gasteiger partial charge in [-0.1, -0.05) is 12.1 Å². The minimum atomic E-state index is -4.43. The fourth-order valence-electron chi connectivity index (χ4n) is 3.39. The zero-order valence-electron chi connectivity index (χ0n) is 16.5. The Labute approximate surface area is 179 Å². The molecule has 1 aliphatic heterocycles. The van der Waals surface area contributed by atoms with Crippen LogP contribution in [-0.2, 0) is 12.6 Å². The summed E-state index contributed by atoms with van der Waals surface area (Å²) in [7, 11) is 4.00. The Morgan fingerprint density at radius 1 is 1.13 bits per heavy atom. The largest absolute Gasteiger partial charge is 0.457 e. The average Bonchev–Trinajstić information content (AvgIpc) is 2.75. The van der Waals surface area contributed by atoms with E-state index in [0.29, 0.717) is 35.9 Å². The molecular formula is C22H19F3N3O2P. The van der Waals surface area contributed by atoms with E-state index >= 15 is 0 Å². The van der Waals surface area contributed by atoms with Gasteiger partial charge in [-0.3, -0.25) is 9.69 Å². The predicted molar refractivity (Wildman–Crippen MR) is 116 cm³/mol. The molecule has 1 unspecified atom stereocenters. The van der Waals surface area contributed by atoms with Crippen molar-refractivity contribution < 1.29 is 22.7 Å². The van der Waals surface area contributed by atoms with Gasteiger partial charge in [0.05, 0.1) is 5.56 Å². The van der Waals surface area contributed by atoms with E-state index in [1.54, 1.807) is 30.1 Å². The lowest BCUT2D eigenvalue weighted by Gasteiger charge is -2.28. The van der Waals surface area contributed by atoms with E-state index in [2.05, 4.69) is 19.5 Å². The molecule has 0 aliphatic carbocycles. The van der Waals surface area contributed by atoms with Gasteiger partial charge in [0, 0.05) is 24.5 Å². The third-order valence-corrected chi connectivity index (χ3v) is 5.44. The van der Waals surface area contributed by atoms with Gasteiger partial charge in [-0.15, -0.1) is 9.24 Å². The molecule has 160 valence electrons. The Bertz CT molecular complexity index is 1150. The molecule has 0 radical (unpaired) electrons. The fourth-order valence-corrected chi connectivity index (χ4v) is 3.73. The van der Waals surface area contributed by atoms with E-state index < -0.39 is 11.7 Å². The average molecular weight is 445 g/mol. The molecule has 1 atom stereocenters. The third kappa shape index (κ3) is 4.35. The molecule has 5 nitrogen and oxygen atoms in total. The van der Waals surface area contributed by atoms with Crippen molar-refractivity contribution in [3.8, 4) is 11.5 Å². The highest BCUT2D eigenvalue weighted by Crippen LogP contribution is 2.33. The maximum atomic E-state index is 13.1. The SMILES string of the molecule is CNc1cccc(N2CCc3ccc(Oc4ccc(C(F)(F)F)cc4P)cc3C2=O)n1. The van der Waals surface area contributed by atoms with Gasteiger partial charge in [0.2, 0.25) is 0 Å². The minimum absolute atomic E-state index is 0.203. The summed E-state index contributed by atoms with van der Waals surface area (Å²) >= 11 is 0. The highest BCUT2D eigenvalue weighted by atomic mass is 31.0. The Hall–Kier alpha value is -3.12.